The van der Waals surface area contributed by atoms with E-state index in [-0.39, 0.29) is 5.97 Å². The minimum Gasteiger partial charge on any atom is -0.465 e. The van der Waals surface area contributed by atoms with Crippen LogP contribution in [0.4, 0.5) is 5.69 Å². The molecule has 0 aliphatic rings. The van der Waals surface area contributed by atoms with Crippen LogP contribution in [0, 0.1) is 0 Å². The quantitative estimate of drug-likeness (QED) is 0.110. The van der Waals surface area contributed by atoms with Crippen LogP contribution >= 0.6 is 0 Å². The molecule has 2 rings (SSSR count). The number of para-hydroxylation sites is 1. The normalized spacial score (nSPS) is 9.64. The first-order valence-corrected chi connectivity index (χ1v) is 13.6. The predicted molar refractivity (Wildman–Crippen MR) is 149 cm³/mol. The number of hydrogen-bond acceptors (Lipinski definition) is 5. The third-order valence-corrected chi connectivity index (χ3v) is 5.39. The van der Waals surface area contributed by atoms with E-state index in [2.05, 4.69) is 18.8 Å². The molecule has 0 saturated heterocycles. The van der Waals surface area contributed by atoms with Gasteiger partial charge < -0.3 is 9.84 Å². The van der Waals surface area contributed by atoms with Crippen LogP contribution in [0.15, 0.2) is 65.7 Å². The number of nitrogens with zero attached hydrogens (tertiary/aromatic N) is 1. The zero-order valence-corrected chi connectivity index (χ0v) is 22.5. The average Bonchev–Trinajstić information content (AvgIpc) is 2.90. The van der Waals surface area contributed by atoms with Crippen molar-refractivity contribution >= 4 is 17.7 Å². The molecule has 0 atom stereocenters. The molecule has 0 saturated carbocycles. The van der Waals surface area contributed by atoms with Crippen LogP contribution in [-0.4, -0.2) is 30.4 Å². The number of aliphatic hydroxyl groups is 1. The lowest BCUT2D eigenvalue weighted by molar-refractivity contribution is -0.142. The molecule has 0 radical (unpaired) electrons. The van der Waals surface area contributed by atoms with E-state index < -0.39 is 0 Å². The highest BCUT2D eigenvalue weighted by molar-refractivity contribution is 5.72. The van der Waals surface area contributed by atoms with Crippen LogP contribution < -0.4 is 0 Å². The van der Waals surface area contributed by atoms with E-state index in [4.69, 9.17) is 9.84 Å². The Morgan fingerprint density at radius 1 is 0.750 bits per heavy atom. The Labute approximate surface area is 219 Å². The molecule has 2 aromatic rings. The molecule has 200 valence electrons. The van der Waals surface area contributed by atoms with Crippen LogP contribution in [0.5, 0.6) is 0 Å². The highest BCUT2D eigenvalue weighted by Crippen LogP contribution is 2.07. The van der Waals surface area contributed by atoms with E-state index in [1.54, 1.807) is 12.1 Å². The Balaban J connectivity index is 0.000000570. The molecule has 2 aromatic carbocycles. The number of unbranched alkanes of at least 4 members (excludes halogenated alkanes) is 10. The van der Waals surface area contributed by atoms with Gasteiger partial charge in [-0.1, -0.05) is 127 Å². The molecule has 0 amide bonds. The molecule has 1 N–H and O–H groups in total. The molecular formula is C31H47NO4. The van der Waals surface area contributed by atoms with Crippen LogP contribution in [0.2, 0.25) is 0 Å². The van der Waals surface area contributed by atoms with Crippen molar-refractivity contribution in [2.45, 2.75) is 97.3 Å². The number of ether oxygens (including phenoxy) is 1. The van der Waals surface area contributed by atoms with Crippen molar-refractivity contribution in [2.24, 2.45) is 4.99 Å². The van der Waals surface area contributed by atoms with Crippen molar-refractivity contribution in [1.82, 2.24) is 0 Å². The Kier molecular flexibility index (Phi) is 24.8. The Morgan fingerprint density at radius 2 is 1.25 bits per heavy atom. The fourth-order valence-electron chi connectivity index (χ4n) is 3.33. The minimum atomic E-state index is -0.116. The second-order valence-electron chi connectivity index (χ2n) is 8.68. The predicted octanol–water partition coefficient (Wildman–Crippen LogP) is 8.13. The lowest BCUT2D eigenvalue weighted by atomic mass is 10.1. The lowest BCUT2D eigenvalue weighted by Gasteiger charge is -2.05. The van der Waals surface area contributed by atoms with Crippen molar-refractivity contribution in [1.29, 1.82) is 0 Å². The van der Waals surface area contributed by atoms with Crippen molar-refractivity contribution in [3.63, 3.8) is 0 Å². The molecule has 5 nitrogen and oxygen atoms in total. The van der Waals surface area contributed by atoms with Crippen LogP contribution in [0.3, 0.4) is 0 Å². The molecule has 0 aliphatic carbocycles. The third-order valence-electron chi connectivity index (χ3n) is 5.39. The smallest absolute Gasteiger partial charge is 0.310 e. The number of isocyanates is 1. The van der Waals surface area contributed by atoms with Gasteiger partial charge in [-0.05, 0) is 30.5 Å². The van der Waals surface area contributed by atoms with E-state index in [9.17, 15) is 9.59 Å². The van der Waals surface area contributed by atoms with Gasteiger partial charge in [-0.25, -0.2) is 4.79 Å². The van der Waals surface area contributed by atoms with Crippen molar-refractivity contribution < 1.29 is 19.4 Å². The number of hydrogen-bond donors (Lipinski definition) is 1. The van der Waals surface area contributed by atoms with E-state index in [0.717, 1.165) is 18.4 Å². The molecule has 0 unspecified atom stereocenters. The first-order chi connectivity index (χ1) is 17.7. The Morgan fingerprint density at radius 3 is 1.78 bits per heavy atom. The van der Waals surface area contributed by atoms with Gasteiger partial charge in [0.05, 0.1) is 18.7 Å². The highest BCUT2D eigenvalue weighted by atomic mass is 16.5. The first-order valence-electron chi connectivity index (χ1n) is 13.6. The molecule has 0 aromatic heterocycles. The third kappa shape index (κ3) is 23.0. The maximum atomic E-state index is 11.5. The fourth-order valence-corrected chi connectivity index (χ4v) is 3.33. The zero-order valence-electron chi connectivity index (χ0n) is 22.5. The Hall–Kier alpha value is -2.75. The minimum absolute atomic E-state index is 0.116. The second kappa shape index (κ2) is 26.8. The summed E-state index contributed by atoms with van der Waals surface area (Å²) in [5.74, 6) is -0.116. The van der Waals surface area contributed by atoms with Gasteiger partial charge in [0.1, 0.15) is 0 Å². The number of aliphatic hydroxyl groups excluding tert-OH is 1. The molecular weight excluding hydrogens is 450 g/mol. The summed E-state index contributed by atoms with van der Waals surface area (Å²) >= 11 is 0. The number of aliphatic imine (C=N–C) groups is 1. The summed E-state index contributed by atoms with van der Waals surface area (Å²) in [6.07, 6.45) is 16.6. The second-order valence-corrected chi connectivity index (χ2v) is 8.68. The van der Waals surface area contributed by atoms with Crippen molar-refractivity contribution in [3.05, 3.63) is 66.2 Å². The van der Waals surface area contributed by atoms with Gasteiger partial charge >= 0.3 is 5.97 Å². The molecule has 36 heavy (non-hydrogen) atoms. The number of esters is 1. The molecule has 5 heteroatoms. The zero-order chi connectivity index (χ0) is 26.5. The largest absolute Gasteiger partial charge is 0.465 e. The van der Waals surface area contributed by atoms with Gasteiger partial charge in [-0.2, -0.15) is 4.99 Å². The van der Waals surface area contributed by atoms with Gasteiger partial charge in [0.2, 0.25) is 6.08 Å². The SMILES string of the molecule is CCCCCCCCO.CCCCCCCCOC(=O)Cc1ccccc1.O=C=Nc1ccccc1. The fraction of sp³-hybridized carbons (Fsp3) is 0.548. The summed E-state index contributed by atoms with van der Waals surface area (Å²) in [6.45, 7) is 5.36. The van der Waals surface area contributed by atoms with Gasteiger partial charge in [0.15, 0.2) is 0 Å². The molecule has 0 fully saturated rings. The van der Waals surface area contributed by atoms with Crippen molar-refractivity contribution in [3.8, 4) is 0 Å². The summed E-state index contributed by atoms with van der Waals surface area (Å²) in [5.41, 5.74) is 1.66. The number of rotatable bonds is 16. The van der Waals surface area contributed by atoms with Gasteiger partial charge in [0.25, 0.3) is 0 Å². The van der Waals surface area contributed by atoms with Crippen LogP contribution in [-0.2, 0) is 20.7 Å². The molecule has 0 spiro atoms. The lowest BCUT2D eigenvalue weighted by Crippen LogP contribution is -2.08. The van der Waals surface area contributed by atoms with Gasteiger partial charge in [0, 0.05) is 6.61 Å². The number of carbonyl (C=O) groups is 1. The van der Waals surface area contributed by atoms with E-state index >= 15 is 0 Å². The Bertz CT molecular complexity index is 768. The maximum Gasteiger partial charge on any atom is 0.310 e. The van der Waals surface area contributed by atoms with Gasteiger partial charge in [-0.15, -0.1) is 0 Å². The van der Waals surface area contributed by atoms with E-state index in [1.165, 1.54) is 70.3 Å². The van der Waals surface area contributed by atoms with Crippen molar-refractivity contribution in [2.75, 3.05) is 13.2 Å². The van der Waals surface area contributed by atoms with Gasteiger partial charge in [-0.3, -0.25) is 4.79 Å². The summed E-state index contributed by atoms with van der Waals surface area (Å²) in [7, 11) is 0. The van der Waals surface area contributed by atoms with E-state index in [1.807, 2.05) is 48.5 Å². The molecule has 0 bridgehead atoms. The first kappa shape index (κ1) is 33.2. The van der Waals surface area contributed by atoms with Crippen LogP contribution in [0.25, 0.3) is 0 Å². The maximum absolute atomic E-state index is 11.5. The topological polar surface area (TPSA) is 76.0 Å². The highest BCUT2D eigenvalue weighted by Gasteiger charge is 2.03. The monoisotopic (exact) mass is 497 g/mol. The standard InChI is InChI=1S/C16H24O2.C8H18O.C7H5NO/c1-2-3-4-5-6-10-13-18-16(17)14-15-11-8-7-9-12-15;1-2-3-4-5-6-7-8-9;9-6-8-7-4-2-1-3-5-7/h7-9,11-12H,2-6,10,13-14H2,1H3;9H,2-8H2,1H3;1-5H. The number of carbonyl (C=O) groups excluding carboxylic acids is 2. The molecule has 0 heterocycles. The number of benzene rings is 2. The average molecular weight is 498 g/mol. The summed E-state index contributed by atoms with van der Waals surface area (Å²) in [5, 5.41) is 8.42. The summed E-state index contributed by atoms with van der Waals surface area (Å²) in [4.78, 5) is 24.6. The van der Waals surface area contributed by atoms with Crippen LogP contribution in [0.1, 0.15) is 96.5 Å². The van der Waals surface area contributed by atoms with E-state index in [0.29, 0.717) is 25.3 Å². The molecule has 0 aliphatic heterocycles. The summed E-state index contributed by atoms with van der Waals surface area (Å²) in [6, 6.07) is 18.7. The summed E-state index contributed by atoms with van der Waals surface area (Å²) < 4.78 is 5.21.